The third-order valence-electron chi connectivity index (χ3n) is 5.25. The Morgan fingerprint density at radius 2 is 2.00 bits per heavy atom. The number of hydrogen-bond donors (Lipinski definition) is 3. The molecule has 0 aromatic heterocycles. The van der Waals surface area contributed by atoms with Gasteiger partial charge in [-0.25, -0.2) is 0 Å². The van der Waals surface area contributed by atoms with Crippen molar-refractivity contribution in [2.45, 2.75) is 66.0 Å². The van der Waals surface area contributed by atoms with Gasteiger partial charge >= 0.3 is 0 Å². The first-order valence-electron chi connectivity index (χ1n) is 10.5. The van der Waals surface area contributed by atoms with Crippen LogP contribution in [0.1, 0.15) is 62.9 Å². The summed E-state index contributed by atoms with van der Waals surface area (Å²) in [7, 11) is 0. The SMILES string of the molecule is CCCC1COCC(=O)C1NC(=O)[C@H](CC(C)(C)C)NC(=O)c1ccc(O)c(C)c1. The molecule has 0 saturated carbocycles. The van der Waals surface area contributed by atoms with Crippen molar-refractivity contribution in [2.75, 3.05) is 13.2 Å². The number of benzene rings is 1. The van der Waals surface area contributed by atoms with Crippen LogP contribution in [0.15, 0.2) is 18.2 Å². The lowest BCUT2D eigenvalue weighted by atomic mass is 9.86. The van der Waals surface area contributed by atoms with Crippen LogP contribution in [0.3, 0.4) is 0 Å². The zero-order valence-corrected chi connectivity index (χ0v) is 18.6. The number of phenolic OH excluding ortho intramolecular Hbond substituents is 1. The van der Waals surface area contributed by atoms with Crippen LogP contribution in [0, 0.1) is 18.3 Å². The molecule has 3 N–H and O–H groups in total. The Balaban J connectivity index is 2.18. The first kappa shape index (κ1) is 23.9. The fourth-order valence-electron chi connectivity index (χ4n) is 3.69. The summed E-state index contributed by atoms with van der Waals surface area (Å²) in [5.74, 6) is -0.856. The van der Waals surface area contributed by atoms with E-state index >= 15 is 0 Å². The van der Waals surface area contributed by atoms with Crippen molar-refractivity contribution in [3.05, 3.63) is 29.3 Å². The average Bonchev–Trinajstić information content (AvgIpc) is 2.65. The maximum absolute atomic E-state index is 13.1. The first-order valence-corrected chi connectivity index (χ1v) is 10.5. The second-order valence-electron chi connectivity index (χ2n) is 9.31. The van der Waals surface area contributed by atoms with E-state index in [-0.39, 0.29) is 35.4 Å². The summed E-state index contributed by atoms with van der Waals surface area (Å²) in [6, 6.07) is 3.17. The number of aromatic hydroxyl groups is 1. The van der Waals surface area contributed by atoms with E-state index in [1.165, 1.54) is 12.1 Å². The molecule has 2 unspecified atom stereocenters. The van der Waals surface area contributed by atoms with E-state index in [0.717, 1.165) is 12.8 Å². The van der Waals surface area contributed by atoms with Crippen LogP contribution in [0.5, 0.6) is 5.75 Å². The van der Waals surface area contributed by atoms with Crippen LogP contribution < -0.4 is 10.6 Å². The summed E-state index contributed by atoms with van der Waals surface area (Å²) in [5.41, 5.74) is 0.723. The van der Waals surface area contributed by atoms with Gasteiger partial charge in [0.15, 0.2) is 5.78 Å². The van der Waals surface area contributed by atoms with E-state index in [2.05, 4.69) is 10.6 Å². The summed E-state index contributed by atoms with van der Waals surface area (Å²) in [4.78, 5) is 38.3. The van der Waals surface area contributed by atoms with Gasteiger partial charge in [0, 0.05) is 11.5 Å². The fourth-order valence-corrected chi connectivity index (χ4v) is 3.69. The Morgan fingerprint density at radius 1 is 1.30 bits per heavy atom. The highest BCUT2D eigenvalue weighted by Crippen LogP contribution is 2.23. The molecule has 0 aliphatic carbocycles. The van der Waals surface area contributed by atoms with Gasteiger partial charge in [-0.3, -0.25) is 14.4 Å². The van der Waals surface area contributed by atoms with Gasteiger partial charge in [-0.2, -0.15) is 0 Å². The molecular formula is C23H34N2O5. The normalized spacial score (nSPS) is 20.5. The third kappa shape index (κ3) is 6.55. The number of hydrogen-bond acceptors (Lipinski definition) is 5. The Bertz CT molecular complexity index is 782. The standard InChI is InChI=1S/C23H34N2O5/c1-6-7-16-12-30-13-19(27)20(16)25-22(29)17(11-23(3,4)5)24-21(28)15-8-9-18(26)14(2)10-15/h8-10,16-17,20,26H,6-7,11-13H2,1-5H3,(H,24,28)(H,25,29)/t16?,17-,20?/m0/s1. The summed E-state index contributed by atoms with van der Waals surface area (Å²) >= 11 is 0. The molecule has 2 rings (SSSR count). The van der Waals surface area contributed by atoms with Gasteiger partial charge in [-0.1, -0.05) is 34.1 Å². The summed E-state index contributed by atoms with van der Waals surface area (Å²) < 4.78 is 5.35. The van der Waals surface area contributed by atoms with Gasteiger partial charge < -0.3 is 20.5 Å². The predicted octanol–water partition coefficient (Wildman–Crippen LogP) is 2.74. The van der Waals surface area contributed by atoms with Crippen molar-refractivity contribution in [1.82, 2.24) is 10.6 Å². The largest absolute Gasteiger partial charge is 0.508 e. The van der Waals surface area contributed by atoms with Gasteiger partial charge in [-0.05, 0) is 48.9 Å². The quantitative estimate of drug-likeness (QED) is 0.632. The molecule has 3 atom stereocenters. The van der Waals surface area contributed by atoms with Gasteiger partial charge in [0.25, 0.3) is 5.91 Å². The number of carbonyl (C=O) groups excluding carboxylic acids is 3. The van der Waals surface area contributed by atoms with Crippen LogP contribution in [0.4, 0.5) is 0 Å². The highest BCUT2D eigenvalue weighted by molar-refractivity contribution is 5.99. The van der Waals surface area contributed by atoms with Crippen LogP contribution in [-0.4, -0.2) is 48.0 Å². The number of rotatable bonds is 7. The molecule has 7 nitrogen and oxygen atoms in total. The lowest BCUT2D eigenvalue weighted by molar-refractivity contribution is -0.138. The van der Waals surface area contributed by atoms with E-state index in [9.17, 15) is 19.5 Å². The third-order valence-corrected chi connectivity index (χ3v) is 5.25. The smallest absolute Gasteiger partial charge is 0.251 e. The zero-order valence-electron chi connectivity index (χ0n) is 18.6. The number of phenols is 1. The van der Waals surface area contributed by atoms with Gasteiger partial charge in [0.1, 0.15) is 18.4 Å². The number of ketones is 1. The minimum Gasteiger partial charge on any atom is -0.508 e. The van der Waals surface area contributed by atoms with Crippen LogP contribution in [0.25, 0.3) is 0 Å². The molecule has 1 aromatic rings. The molecule has 30 heavy (non-hydrogen) atoms. The van der Waals surface area contributed by atoms with Gasteiger partial charge in [-0.15, -0.1) is 0 Å². The van der Waals surface area contributed by atoms with Crippen molar-refractivity contribution in [3.63, 3.8) is 0 Å². The molecule has 0 spiro atoms. The molecule has 166 valence electrons. The Kier molecular flexibility index (Phi) is 8.01. The number of amides is 2. The summed E-state index contributed by atoms with van der Waals surface area (Å²) in [6.45, 7) is 10.1. The number of ether oxygens (including phenoxy) is 1. The van der Waals surface area contributed by atoms with Crippen molar-refractivity contribution < 1.29 is 24.2 Å². The minimum absolute atomic E-state index is 0.00571. The minimum atomic E-state index is -0.787. The van der Waals surface area contributed by atoms with Crippen molar-refractivity contribution >= 4 is 17.6 Å². The van der Waals surface area contributed by atoms with Crippen LogP contribution in [-0.2, 0) is 14.3 Å². The van der Waals surface area contributed by atoms with Crippen LogP contribution >= 0.6 is 0 Å². The highest BCUT2D eigenvalue weighted by atomic mass is 16.5. The molecular weight excluding hydrogens is 384 g/mol. The molecule has 1 saturated heterocycles. The van der Waals surface area contributed by atoms with E-state index < -0.39 is 18.0 Å². The van der Waals surface area contributed by atoms with E-state index in [0.29, 0.717) is 24.2 Å². The molecule has 0 radical (unpaired) electrons. The van der Waals surface area contributed by atoms with Crippen LogP contribution in [0.2, 0.25) is 0 Å². The van der Waals surface area contributed by atoms with E-state index in [1.807, 2.05) is 27.7 Å². The molecule has 0 bridgehead atoms. The maximum Gasteiger partial charge on any atom is 0.251 e. The molecule has 2 amide bonds. The van der Waals surface area contributed by atoms with Crippen molar-refractivity contribution in [2.24, 2.45) is 11.3 Å². The average molecular weight is 419 g/mol. The Morgan fingerprint density at radius 3 is 2.60 bits per heavy atom. The monoisotopic (exact) mass is 418 g/mol. The molecule has 1 heterocycles. The highest BCUT2D eigenvalue weighted by Gasteiger charge is 2.36. The first-order chi connectivity index (χ1) is 14.0. The summed E-state index contributed by atoms with van der Waals surface area (Å²) in [6.07, 6.45) is 2.08. The van der Waals surface area contributed by atoms with E-state index in [1.54, 1.807) is 13.0 Å². The number of carbonyl (C=O) groups is 3. The summed E-state index contributed by atoms with van der Waals surface area (Å²) in [5, 5.41) is 15.4. The second kappa shape index (κ2) is 10.1. The van der Waals surface area contributed by atoms with Gasteiger partial charge in [0.05, 0.1) is 12.6 Å². The molecule has 1 fully saturated rings. The Labute approximate surface area is 178 Å². The van der Waals surface area contributed by atoms with Gasteiger partial charge in [0.2, 0.25) is 5.91 Å². The van der Waals surface area contributed by atoms with Crippen molar-refractivity contribution in [1.29, 1.82) is 0 Å². The topological polar surface area (TPSA) is 105 Å². The molecule has 1 aliphatic heterocycles. The fraction of sp³-hybridized carbons (Fsp3) is 0.609. The lowest BCUT2D eigenvalue weighted by Gasteiger charge is -2.33. The second-order valence-corrected chi connectivity index (χ2v) is 9.31. The predicted molar refractivity (Wildman–Crippen MR) is 114 cm³/mol. The molecule has 1 aromatic carbocycles. The molecule has 7 heteroatoms. The van der Waals surface area contributed by atoms with E-state index in [4.69, 9.17) is 4.74 Å². The zero-order chi connectivity index (χ0) is 22.5. The number of Topliss-reactive ketones (excluding diaryl/α,β-unsaturated/α-hetero) is 1. The lowest BCUT2D eigenvalue weighted by Crippen LogP contribution is -2.57. The molecule has 1 aliphatic rings. The number of aryl methyl sites for hydroxylation is 1. The van der Waals surface area contributed by atoms with Crippen molar-refractivity contribution in [3.8, 4) is 5.75 Å². The number of nitrogens with one attached hydrogen (secondary N) is 2. The Hall–Kier alpha value is -2.41. The maximum atomic E-state index is 13.1.